The molecule has 2 fully saturated rings. The molecule has 0 N–H and O–H groups in total. The maximum atomic E-state index is 14.1. The van der Waals surface area contributed by atoms with Crippen molar-refractivity contribution in [3.63, 3.8) is 0 Å². The van der Waals surface area contributed by atoms with E-state index in [0.29, 0.717) is 43.9 Å². The normalized spacial score (nSPS) is 16.9. The molecule has 6 rings (SSSR count). The number of hydrogen-bond acceptors (Lipinski definition) is 8. The number of amides is 2. The third-order valence-electron chi connectivity index (χ3n) is 9.66. The van der Waals surface area contributed by atoms with Crippen LogP contribution in [0.15, 0.2) is 65.8 Å². The van der Waals surface area contributed by atoms with Gasteiger partial charge in [0.05, 0.1) is 24.0 Å². The number of unbranched alkanes of at least 4 members (excludes halogenated alkanes) is 1. The summed E-state index contributed by atoms with van der Waals surface area (Å²) in [6.45, 7) is 10.1. The number of fused-ring (bicyclic) bond motifs is 1. The van der Waals surface area contributed by atoms with E-state index >= 15 is 0 Å². The second-order valence-corrected chi connectivity index (χ2v) is 13.3. The van der Waals surface area contributed by atoms with Crippen LogP contribution in [-0.4, -0.2) is 81.7 Å². The van der Waals surface area contributed by atoms with Crippen LogP contribution in [0.3, 0.4) is 0 Å². The van der Waals surface area contributed by atoms with Gasteiger partial charge in [0.15, 0.2) is 5.43 Å². The highest BCUT2D eigenvalue weighted by molar-refractivity contribution is 5.99. The summed E-state index contributed by atoms with van der Waals surface area (Å²) in [7, 11) is 1.95. The van der Waals surface area contributed by atoms with Gasteiger partial charge in [-0.1, -0.05) is 13.3 Å². The number of carbonyl (C=O) groups is 2. The molecule has 0 unspecified atom stereocenters. The van der Waals surface area contributed by atoms with E-state index in [1.165, 1.54) is 10.5 Å². The van der Waals surface area contributed by atoms with Crippen molar-refractivity contribution in [3.05, 3.63) is 93.8 Å². The van der Waals surface area contributed by atoms with Crippen molar-refractivity contribution >= 4 is 34.3 Å². The number of benzene rings is 1. The lowest BCUT2D eigenvalue weighted by atomic mass is 10.0. The van der Waals surface area contributed by atoms with E-state index in [0.717, 1.165) is 66.9 Å². The minimum absolute atomic E-state index is 0.00284. The van der Waals surface area contributed by atoms with E-state index in [9.17, 15) is 14.4 Å². The highest BCUT2D eigenvalue weighted by Crippen LogP contribution is 2.27. The summed E-state index contributed by atoms with van der Waals surface area (Å²) < 4.78 is 7.30. The molecule has 49 heavy (non-hydrogen) atoms. The quantitative estimate of drug-likeness (QED) is 0.213. The summed E-state index contributed by atoms with van der Waals surface area (Å²) in [5.41, 5.74) is 6.46. The standard InChI is InChI=1S/C38H47N7O4/c1-5-6-18-49-38(48)43-16-17-45(36(46)26-43)31-11-12-34-35(20-31)41(4)23-30(37(34)47)24-44(22-29-13-14-39-28(3)19-29)33-8-7-15-42(25-33)32-10-9-27(2)40-21-32/h9-14,19-21,23,33H,5-8,15-18,22,24-26H2,1-4H3/t33-/m0/s1. The van der Waals surface area contributed by atoms with Crippen molar-refractivity contribution in [2.75, 3.05) is 49.1 Å². The third kappa shape index (κ3) is 7.94. The molecule has 0 radical (unpaired) electrons. The first-order valence-electron chi connectivity index (χ1n) is 17.4. The van der Waals surface area contributed by atoms with Gasteiger partial charge in [-0.2, -0.15) is 0 Å². The number of piperidine rings is 1. The number of ether oxygens (including phenoxy) is 1. The third-order valence-corrected chi connectivity index (χ3v) is 9.66. The summed E-state index contributed by atoms with van der Waals surface area (Å²) in [6, 6.07) is 14.2. The van der Waals surface area contributed by atoms with E-state index in [1.54, 1.807) is 4.90 Å². The number of aromatic nitrogens is 3. The molecule has 0 bridgehead atoms. The van der Waals surface area contributed by atoms with Crippen LogP contribution in [0.5, 0.6) is 0 Å². The van der Waals surface area contributed by atoms with Crippen molar-refractivity contribution in [3.8, 4) is 0 Å². The van der Waals surface area contributed by atoms with Crippen LogP contribution in [0.1, 0.15) is 55.1 Å². The molecule has 2 saturated heterocycles. The zero-order valence-corrected chi connectivity index (χ0v) is 29.1. The summed E-state index contributed by atoms with van der Waals surface area (Å²) in [5, 5.41) is 0.616. The van der Waals surface area contributed by atoms with E-state index < -0.39 is 6.09 Å². The largest absolute Gasteiger partial charge is 0.449 e. The fourth-order valence-electron chi connectivity index (χ4n) is 6.92. The molecule has 0 spiro atoms. The first kappa shape index (κ1) is 34.1. The lowest BCUT2D eigenvalue weighted by Gasteiger charge is -2.40. The van der Waals surface area contributed by atoms with Crippen molar-refractivity contribution in [2.45, 2.75) is 65.6 Å². The molecule has 2 amide bonds. The van der Waals surface area contributed by atoms with Crippen LogP contribution >= 0.6 is 0 Å². The number of hydrogen-bond donors (Lipinski definition) is 0. The Hall–Kier alpha value is -4.77. The second-order valence-electron chi connectivity index (χ2n) is 13.3. The average Bonchev–Trinajstić information content (AvgIpc) is 3.10. The molecule has 5 heterocycles. The Morgan fingerprint density at radius 2 is 1.82 bits per heavy atom. The number of anilines is 2. The number of rotatable bonds is 10. The van der Waals surface area contributed by atoms with Gasteiger partial charge in [-0.05, 0) is 81.1 Å². The Balaban J connectivity index is 1.23. The molecule has 1 atom stereocenters. The van der Waals surface area contributed by atoms with Crippen molar-refractivity contribution in [2.24, 2.45) is 7.05 Å². The molecular formula is C38H47N7O4. The van der Waals surface area contributed by atoms with Gasteiger partial charge < -0.3 is 19.1 Å². The lowest BCUT2D eigenvalue weighted by Crippen LogP contribution is -2.52. The molecule has 0 aliphatic carbocycles. The Morgan fingerprint density at radius 3 is 2.57 bits per heavy atom. The SMILES string of the molecule is CCCCOC(=O)N1CCN(c2ccc3c(=O)c(CN(Cc4ccnc(C)c4)[C@H]4CCCN(c5ccc(C)nc5)C4)cn(C)c3c2)C(=O)C1. The first-order chi connectivity index (χ1) is 23.7. The predicted molar refractivity (Wildman–Crippen MR) is 192 cm³/mol. The fourth-order valence-corrected chi connectivity index (χ4v) is 6.92. The van der Waals surface area contributed by atoms with Crippen LogP contribution in [0.25, 0.3) is 10.9 Å². The molecule has 11 heteroatoms. The van der Waals surface area contributed by atoms with Gasteiger partial charge in [0.2, 0.25) is 5.91 Å². The maximum Gasteiger partial charge on any atom is 0.410 e. The van der Waals surface area contributed by atoms with Gasteiger partial charge in [0.25, 0.3) is 0 Å². The maximum absolute atomic E-state index is 14.1. The van der Waals surface area contributed by atoms with Crippen LogP contribution in [0, 0.1) is 13.8 Å². The summed E-state index contributed by atoms with van der Waals surface area (Å²) in [5.74, 6) is -0.176. The summed E-state index contributed by atoms with van der Waals surface area (Å²) in [4.78, 5) is 56.6. The zero-order valence-electron chi connectivity index (χ0n) is 29.1. The Bertz CT molecular complexity index is 1860. The summed E-state index contributed by atoms with van der Waals surface area (Å²) in [6.07, 6.45) is 9.12. The Kier molecular flexibility index (Phi) is 10.6. The minimum Gasteiger partial charge on any atom is -0.449 e. The number of aryl methyl sites for hydroxylation is 3. The molecule has 258 valence electrons. The van der Waals surface area contributed by atoms with Gasteiger partial charge in [-0.3, -0.25) is 29.4 Å². The van der Waals surface area contributed by atoms with Crippen LogP contribution in [0.4, 0.5) is 16.2 Å². The van der Waals surface area contributed by atoms with Crippen molar-refractivity contribution in [1.29, 1.82) is 0 Å². The van der Waals surface area contributed by atoms with Gasteiger partial charge in [-0.25, -0.2) is 4.79 Å². The highest BCUT2D eigenvalue weighted by atomic mass is 16.6. The fraction of sp³-hybridized carbons (Fsp3) is 0.447. The van der Waals surface area contributed by atoms with E-state index in [2.05, 4.69) is 44.0 Å². The van der Waals surface area contributed by atoms with Crippen molar-refractivity contribution < 1.29 is 14.3 Å². The number of nitrogens with zero attached hydrogens (tertiary/aromatic N) is 7. The molecule has 1 aromatic carbocycles. The highest BCUT2D eigenvalue weighted by Gasteiger charge is 2.30. The minimum atomic E-state index is -0.448. The number of pyridine rings is 3. The smallest absolute Gasteiger partial charge is 0.410 e. The van der Waals surface area contributed by atoms with Crippen LogP contribution in [0.2, 0.25) is 0 Å². The van der Waals surface area contributed by atoms with Gasteiger partial charge in [-0.15, -0.1) is 0 Å². The van der Waals surface area contributed by atoms with Gasteiger partial charge in [0.1, 0.15) is 6.54 Å². The van der Waals surface area contributed by atoms with E-state index in [4.69, 9.17) is 4.74 Å². The number of carbonyl (C=O) groups excluding carboxylic acids is 2. The molecule has 11 nitrogen and oxygen atoms in total. The van der Waals surface area contributed by atoms with Crippen molar-refractivity contribution in [1.82, 2.24) is 24.3 Å². The zero-order chi connectivity index (χ0) is 34.5. The topological polar surface area (TPSA) is 104 Å². The molecule has 2 aliphatic heterocycles. The Morgan fingerprint density at radius 1 is 0.980 bits per heavy atom. The lowest BCUT2D eigenvalue weighted by molar-refractivity contribution is -0.120. The second kappa shape index (κ2) is 15.2. The van der Waals surface area contributed by atoms with Gasteiger partial charge in [0, 0.05) is 92.8 Å². The Labute approximate surface area is 288 Å². The molecular weight excluding hydrogens is 618 g/mol. The monoisotopic (exact) mass is 665 g/mol. The molecule has 0 saturated carbocycles. The van der Waals surface area contributed by atoms with Crippen LogP contribution < -0.4 is 15.2 Å². The molecule has 4 aromatic rings. The average molecular weight is 666 g/mol. The molecule has 2 aliphatic rings. The first-order valence-corrected chi connectivity index (χ1v) is 17.4. The van der Waals surface area contributed by atoms with Gasteiger partial charge >= 0.3 is 6.09 Å². The van der Waals surface area contributed by atoms with Crippen LogP contribution in [-0.2, 0) is 29.7 Å². The predicted octanol–water partition coefficient (Wildman–Crippen LogP) is 5.20. The summed E-state index contributed by atoms with van der Waals surface area (Å²) >= 11 is 0. The number of piperazine rings is 1. The molecule has 3 aromatic heterocycles. The van der Waals surface area contributed by atoms with E-state index in [1.807, 2.05) is 69.2 Å². The van der Waals surface area contributed by atoms with E-state index in [-0.39, 0.29) is 23.9 Å².